The fraction of sp³-hybridized carbons (Fsp3) is 0.292. The Morgan fingerprint density at radius 3 is 2.43 bits per heavy atom. The molecular weight excluding hydrogens is 376 g/mol. The first-order valence-electron chi connectivity index (χ1n) is 10.3. The van der Waals surface area contributed by atoms with Crippen LogP contribution in [0.4, 0.5) is 5.69 Å². The molecule has 0 aliphatic carbocycles. The van der Waals surface area contributed by atoms with Crippen molar-refractivity contribution in [3.05, 3.63) is 93.9 Å². The topological polar surface area (TPSA) is 67.2 Å². The monoisotopic (exact) mass is 402 g/mol. The summed E-state index contributed by atoms with van der Waals surface area (Å²) in [6.45, 7) is 3.78. The maximum Gasteiger partial charge on any atom is 0.274 e. The van der Waals surface area contributed by atoms with Gasteiger partial charge in [0, 0.05) is 30.9 Å². The van der Waals surface area contributed by atoms with Gasteiger partial charge in [-0.3, -0.25) is 9.59 Å². The Labute approximate surface area is 176 Å². The summed E-state index contributed by atoms with van der Waals surface area (Å²) < 4.78 is 1.36. The molecular formula is C24H26N4O2. The van der Waals surface area contributed by atoms with E-state index in [1.807, 2.05) is 47.4 Å². The van der Waals surface area contributed by atoms with Crippen molar-refractivity contribution < 1.29 is 4.79 Å². The summed E-state index contributed by atoms with van der Waals surface area (Å²) >= 11 is 0. The second-order valence-corrected chi connectivity index (χ2v) is 7.73. The van der Waals surface area contributed by atoms with E-state index in [2.05, 4.69) is 29.5 Å². The van der Waals surface area contributed by atoms with Crippen molar-refractivity contribution in [3.8, 4) is 0 Å². The molecule has 1 saturated heterocycles. The number of hydrogen-bond donors (Lipinski definition) is 1. The third kappa shape index (κ3) is 4.59. The first-order valence-corrected chi connectivity index (χ1v) is 10.3. The Bertz CT molecular complexity index is 1070. The zero-order chi connectivity index (χ0) is 20.9. The summed E-state index contributed by atoms with van der Waals surface area (Å²) in [5.74, 6) is -0.119. The van der Waals surface area contributed by atoms with E-state index >= 15 is 0 Å². The van der Waals surface area contributed by atoms with Crippen LogP contribution in [-0.4, -0.2) is 39.7 Å². The zero-order valence-electron chi connectivity index (χ0n) is 17.1. The van der Waals surface area contributed by atoms with E-state index in [9.17, 15) is 9.59 Å². The number of amides is 1. The number of rotatable bonds is 5. The third-order valence-electron chi connectivity index (χ3n) is 5.55. The van der Waals surface area contributed by atoms with Crippen LogP contribution in [-0.2, 0) is 6.54 Å². The van der Waals surface area contributed by atoms with Gasteiger partial charge in [-0.15, -0.1) is 0 Å². The van der Waals surface area contributed by atoms with Gasteiger partial charge in [0.15, 0.2) is 0 Å². The molecule has 6 heteroatoms. The lowest BCUT2D eigenvalue weighted by atomic mass is 10.0. The molecule has 1 N–H and O–H groups in total. The summed E-state index contributed by atoms with van der Waals surface area (Å²) in [7, 11) is 0. The fourth-order valence-electron chi connectivity index (χ4n) is 3.78. The van der Waals surface area contributed by atoms with E-state index in [-0.39, 0.29) is 11.5 Å². The van der Waals surface area contributed by atoms with Gasteiger partial charge in [0.2, 0.25) is 0 Å². The Hall–Kier alpha value is -3.41. The van der Waals surface area contributed by atoms with Gasteiger partial charge >= 0.3 is 0 Å². The molecule has 1 amide bonds. The Morgan fingerprint density at radius 1 is 1.00 bits per heavy atom. The SMILES string of the molecule is Cc1ccccc1NC1CCN(C(=O)c2ccc(=O)n(Cc3ccccc3)n2)CC1. The molecule has 4 rings (SSSR count). The van der Waals surface area contributed by atoms with Gasteiger partial charge in [-0.05, 0) is 43.0 Å². The van der Waals surface area contributed by atoms with Crippen molar-refractivity contribution in [2.75, 3.05) is 18.4 Å². The van der Waals surface area contributed by atoms with Gasteiger partial charge in [0.25, 0.3) is 11.5 Å². The molecule has 0 unspecified atom stereocenters. The Kier molecular flexibility index (Phi) is 5.93. The highest BCUT2D eigenvalue weighted by Gasteiger charge is 2.25. The standard InChI is InChI=1S/C24H26N4O2/c1-18-7-5-6-10-21(18)25-20-13-15-27(16-14-20)24(30)22-11-12-23(29)28(26-22)17-19-8-3-2-4-9-19/h2-12,20,25H,13-17H2,1H3. The van der Waals surface area contributed by atoms with E-state index in [0.717, 1.165) is 24.1 Å². The highest BCUT2D eigenvalue weighted by Crippen LogP contribution is 2.20. The molecule has 3 aromatic rings. The van der Waals surface area contributed by atoms with Crippen LogP contribution in [0.15, 0.2) is 71.5 Å². The molecule has 1 fully saturated rings. The van der Waals surface area contributed by atoms with Gasteiger partial charge in [-0.25, -0.2) is 4.68 Å². The molecule has 154 valence electrons. The van der Waals surface area contributed by atoms with E-state index in [1.165, 1.54) is 22.4 Å². The second-order valence-electron chi connectivity index (χ2n) is 7.73. The number of likely N-dealkylation sites (tertiary alicyclic amines) is 1. The maximum absolute atomic E-state index is 13.0. The zero-order valence-corrected chi connectivity index (χ0v) is 17.1. The lowest BCUT2D eigenvalue weighted by Gasteiger charge is -2.33. The van der Waals surface area contributed by atoms with Crippen molar-refractivity contribution in [3.63, 3.8) is 0 Å². The molecule has 2 aromatic carbocycles. The number of nitrogens with one attached hydrogen (secondary N) is 1. The average Bonchev–Trinajstić information content (AvgIpc) is 2.78. The Balaban J connectivity index is 1.40. The number of carbonyl (C=O) groups is 1. The van der Waals surface area contributed by atoms with Crippen molar-refractivity contribution >= 4 is 11.6 Å². The van der Waals surface area contributed by atoms with Crippen LogP contribution in [0.25, 0.3) is 0 Å². The van der Waals surface area contributed by atoms with Crippen molar-refractivity contribution in [2.45, 2.75) is 32.4 Å². The molecule has 0 saturated carbocycles. The molecule has 1 aromatic heterocycles. The smallest absolute Gasteiger partial charge is 0.274 e. The molecule has 6 nitrogen and oxygen atoms in total. The molecule has 2 heterocycles. The normalized spacial score (nSPS) is 14.5. The first kappa shape index (κ1) is 19.9. The van der Waals surface area contributed by atoms with Crippen LogP contribution >= 0.6 is 0 Å². The van der Waals surface area contributed by atoms with Gasteiger partial charge in [0.1, 0.15) is 5.69 Å². The molecule has 0 radical (unpaired) electrons. The highest BCUT2D eigenvalue weighted by molar-refractivity contribution is 5.92. The number of hydrogen-bond acceptors (Lipinski definition) is 4. The van der Waals surface area contributed by atoms with Gasteiger partial charge in [-0.2, -0.15) is 5.10 Å². The molecule has 0 atom stereocenters. The molecule has 0 bridgehead atoms. The number of nitrogens with zero attached hydrogens (tertiary/aromatic N) is 3. The number of aryl methyl sites for hydroxylation is 1. The van der Waals surface area contributed by atoms with E-state index < -0.39 is 0 Å². The lowest BCUT2D eigenvalue weighted by molar-refractivity contribution is 0.0709. The maximum atomic E-state index is 13.0. The van der Waals surface area contributed by atoms with Crippen LogP contribution in [0.1, 0.15) is 34.5 Å². The number of piperidine rings is 1. The van der Waals surface area contributed by atoms with Crippen LogP contribution in [0.3, 0.4) is 0 Å². The minimum Gasteiger partial charge on any atom is -0.382 e. The summed E-state index contributed by atoms with van der Waals surface area (Å²) in [4.78, 5) is 27.0. The highest BCUT2D eigenvalue weighted by atomic mass is 16.2. The van der Waals surface area contributed by atoms with E-state index in [0.29, 0.717) is 31.4 Å². The average molecular weight is 402 g/mol. The van der Waals surface area contributed by atoms with Crippen LogP contribution in [0, 0.1) is 6.92 Å². The first-order chi connectivity index (χ1) is 14.6. The number of benzene rings is 2. The second kappa shape index (κ2) is 8.95. The number of para-hydroxylation sites is 1. The van der Waals surface area contributed by atoms with Crippen LogP contribution < -0.4 is 10.9 Å². The van der Waals surface area contributed by atoms with Gasteiger partial charge < -0.3 is 10.2 Å². The molecule has 1 aliphatic heterocycles. The molecule has 30 heavy (non-hydrogen) atoms. The summed E-state index contributed by atoms with van der Waals surface area (Å²) in [6, 6.07) is 21.2. The molecule has 0 spiro atoms. The minimum atomic E-state index is -0.212. The van der Waals surface area contributed by atoms with Crippen LogP contribution in [0.2, 0.25) is 0 Å². The van der Waals surface area contributed by atoms with Crippen molar-refractivity contribution in [2.24, 2.45) is 0 Å². The van der Waals surface area contributed by atoms with Crippen LogP contribution in [0.5, 0.6) is 0 Å². The predicted molar refractivity (Wildman–Crippen MR) is 118 cm³/mol. The summed E-state index contributed by atoms with van der Waals surface area (Å²) in [5, 5.41) is 7.93. The summed E-state index contributed by atoms with van der Waals surface area (Å²) in [6.07, 6.45) is 1.76. The quantitative estimate of drug-likeness (QED) is 0.711. The van der Waals surface area contributed by atoms with Crippen molar-refractivity contribution in [1.29, 1.82) is 0 Å². The van der Waals surface area contributed by atoms with Gasteiger partial charge in [0.05, 0.1) is 6.54 Å². The Morgan fingerprint density at radius 2 is 1.70 bits per heavy atom. The number of carbonyl (C=O) groups excluding carboxylic acids is 1. The van der Waals surface area contributed by atoms with E-state index in [4.69, 9.17) is 0 Å². The number of anilines is 1. The predicted octanol–water partition coefficient (Wildman–Crippen LogP) is 3.32. The largest absolute Gasteiger partial charge is 0.382 e. The fourth-order valence-corrected chi connectivity index (χ4v) is 3.78. The molecule has 1 aliphatic rings. The lowest BCUT2D eigenvalue weighted by Crippen LogP contribution is -2.43. The minimum absolute atomic E-state index is 0.119. The number of aromatic nitrogens is 2. The van der Waals surface area contributed by atoms with Crippen molar-refractivity contribution in [1.82, 2.24) is 14.7 Å². The van der Waals surface area contributed by atoms with E-state index in [1.54, 1.807) is 0 Å². The summed E-state index contributed by atoms with van der Waals surface area (Å²) in [5.41, 5.74) is 3.45. The van der Waals surface area contributed by atoms with Gasteiger partial charge in [-0.1, -0.05) is 48.5 Å². The third-order valence-corrected chi connectivity index (χ3v) is 5.55.